The number of fused-ring (bicyclic) bond motifs is 1. The molecule has 0 aromatic heterocycles. The van der Waals surface area contributed by atoms with Gasteiger partial charge in [-0.25, -0.2) is 4.79 Å². The minimum Gasteiger partial charge on any atom is -0.480 e. The highest BCUT2D eigenvalue weighted by Crippen LogP contribution is 2.47. The molecule has 2 heterocycles. The molecule has 0 bridgehead atoms. The van der Waals surface area contributed by atoms with Crippen LogP contribution in [0.2, 0.25) is 0 Å². The zero-order valence-corrected chi connectivity index (χ0v) is 20.8. The Morgan fingerprint density at radius 3 is 2.61 bits per heavy atom. The second kappa shape index (κ2) is 11.5. The van der Waals surface area contributed by atoms with Crippen LogP contribution in [0, 0.1) is 0 Å². The van der Waals surface area contributed by atoms with Crippen LogP contribution in [-0.2, 0) is 28.7 Å². The van der Waals surface area contributed by atoms with Crippen molar-refractivity contribution in [3.05, 3.63) is 11.3 Å². The number of methoxy groups -OCH3 is 1. The lowest BCUT2D eigenvalue weighted by Gasteiger charge is -2.55. The number of aliphatic carboxylic acids is 2. The Hall–Kier alpha value is -1.87. The van der Waals surface area contributed by atoms with Crippen LogP contribution in [0.4, 0.5) is 0 Å². The summed E-state index contributed by atoms with van der Waals surface area (Å²) in [5.41, 5.74) is 4.08. The van der Waals surface area contributed by atoms with Crippen molar-refractivity contribution in [1.82, 2.24) is 10.2 Å². The SMILES string of the molecule is CO[C@@]1(NC(=O)CCCC(N)C(=O)O)C(=O)N2C(C(=O)O)=C(CSC(=S)OC(C)C)CS[C@H]21. The van der Waals surface area contributed by atoms with Crippen molar-refractivity contribution < 1.29 is 38.9 Å². The second-order valence-electron chi connectivity index (χ2n) is 7.63. The van der Waals surface area contributed by atoms with Crippen LogP contribution < -0.4 is 11.1 Å². The van der Waals surface area contributed by atoms with E-state index < -0.39 is 40.9 Å². The minimum absolute atomic E-state index is 0.0619. The molecule has 5 N–H and O–H groups in total. The summed E-state index contributed by atoms with van der Waals surface area (Å²) in [6.45, 7) is 3.65. The Morgan fingerprint density at radius 2 is 2.06 bits per heavy atom. The van der Waals surface area contributed by atoms with E-state index in [-0.39, 0.29) is 41.2 Å². The fraction of sp³-hybridized carbons (Fsp3) is 0.632. The average Bonchev–Trinajstić information content (AvgIpc) is 2.74. The summed E-state index contributed by atoms with van der Waals surface area (Å²) in [4.78, 5) is 49.3. The fourth-order valence-corrected chi connectivity index (χ4v) is 6.03. The number of thioether (sulfide) groups is 2. The lowest BCUT2D eigenvalue weighted by atomic mass is 9.98. The highest BCUT2D eigenvalue weighted by atomic mass is 32.2. The summed E-state index contributed by atoms with van der Waals surface area (Å²) in [5, 5.41) is 20.4. The van der Waals surface area contributed by atoms with Crippen molar-refractivity contribution in [2.24, 2.45) is 5.73 Å². The Bertz CT molecular complexity index is 865. The van der Waals surface area contributed by atoms with E-state index in [1.165, 1.54) is 30.6 Å². The lowest BCUT2D eigenvalue weighted by Crippen LogP contribution is -2.80. The molecule has 33 heavy (non-hydrogen) atoms. The van der Waals surface area contributed by atoms with Gasteiger partial charge in [0.05, 0.1) is 6.10 Å². The van der Waals surface area contributed by atoms with Gasteiger partial charge in [-0.3, -0.25) is 19.3 Å². The van der Waals surface area contributed by atoms with E-state index in [0.29, 0.717) is 11.3 Å². The van der Waals surface area contributed by atoms with Crippen LogP contribution in [-0.4, -0.2) is 85.1 Å². The number of carbonyl (C=O) groups excluding carboxylic acids is 2. The quantitative estimate of drug-likeness (QED) is 0.171. The van der Waals surface area contributed by atoms with Crippen LogP contribution in [0.1, 0.15) is 33.1 Å². The van der Waals surface area contributed by atoms with Crippen molar-refractivity contribution in [3.8, 4) is 0 Å². The second-order valence-corrected chi connectivity index (χ2v) is 10.3. The van der Waals surface area contributed by atoms with Crippen molar-refractivity contribution >= 4 is 63.9 Å². The molecule has 184 valence electrons. The third kappa shape index (κ3) is 6.18. The van der Waals surface area contributed by atoms with Gasteiger partial charge in [0.2, 0.25) is 10.3 Å². The molecule has 1 saturated heterocycles. The summed E-state index contributed by atoms with van der Waals surface area (Å²) in [7, 11) is 1.26. The number of hydrogen-bond donors (Lipinski definition) is 4. The van der Waals surface area contributed by atoms with Gasteiger partial charge in [-0.2, -0.15) is 0 Å². The number of nitrogens with one attached hydrogen (secondary N) is 1. The number of β-lactam (4-membered cyclic amide) rings is 1. The molecular formula is C19H27N3O8S3. The van der Waals surface area contributed by atoms with Gasteiger partial charge < -0.3 is 30.7 Å². The van der Waals surface area contributed by atoms with E-state index in [0.717, 1.165) is 4.90 Å². The smallest absolute Gasteiger partial charge is 0.352 e. The maximum Gasteiger partial charge on any atom is 0.352 e. The first-order valence-corrected chi connectivity index (χ1v) is 12.5. The van der Waals surface area contributed by atoms with E-state index in [4.69, 9.17) is 32.5 Å². The molecule has 2 aliphatic rings. The third-order valence-corrected chi connectivity index (χ3v) is 7.54. The van der Waals surface area contributed by atoms with Crippen LogP contribution in [0.15, 0.2) is 11.3 Å². The van der Waals surface area contributed by atoms with Gasteiger partial charge in [0, 0.05) is 25.0 Å². The van der Waals surface area contributed by atoms with Gasteiger partial charge in [-0.15, -0.1) is 11.8 Å². The number of thiocarbonyl (C=S) groups is 1. The minimum atomic E-state index is -1.70. The molecule has 11 nitrogen and oxygen atoms in total. The van der Waals surface area contributed by atoms with E-state index in [1.807, 2.05) is 13.8 Å². The third-order valence-electron chi connectivity index (χ3n) is 4.89. The average molecular weight is 522 g/mol. The number of amides is 2. The molecule has 0 spiro atoms. The predicted molar refractivity (Wildman–Crippen MR) is 126 cm³/mol. The van der Waals surface area contributed by atoms with Gasteiger partial charge in [0.25, 0.3) is 11.6 Å². The normalized spacial score (nSPS) is 23.0. The first-order chi connectivity index (χ1) is 15.4. The van der Waals surface area contributed by atoms with E-state index in [9.17, 15) is 24.3 Å². The van der Waals surface area contributed by atoms with Gasteiger partial charge in [0.15, 0.2) is 0 Å². The van der Waals surface area contributed by atoms with Crippen molar-refractivity contribution in [2.75, 3.05) is 18.6 Å². The highest BCUT2D eigenvalue weighted by molar-refractivity contribution is 8.22. The summed E-state index contributed by atoms with van der Waals surface area (Å²) < 4.78 is 11.1. The first kappa shape index (κ1) is 27.4. The summed E-state index contributed by atoms with van der Waals surface area (Å²) in [6, 6.07) is -1.08. The fourth-order valence-electron chi connectivity index (χ4n) is 3.30. The van der Waals surface area contributed by atoms with E-state index >= 15 is 0 Å². The van der Waals surface area contributed by atoms with Crippen LogP contribution >= 0.6 is 35.7 Å². The summed E-state index contributed by atoms with van der Waals surface area (Å²) in [6.07, 6.45) is 0.129. The molecule has 0 saturated carbocycles. The van der Waals surface area contributed by atoms with E-state index in [2.05, 4.69) is 5.32 Å². The number of carboxylic acid groups (broad SMARTS) is 2. The molecule has 1 fully saturated rings. The lowest BCUT2D eigenvalue weighted by molar-refractivity contribution is -0.192. The monoisotopic (exact) mass is 521 g/mol. The number of hydrogen-bond acceptors (Lipinski definition) is 10. The van der Waals surface area contributed by atoms with Crippen molar-refractivity contribution in [3.63, 3.8) is 0 Å². The highest BCUT2D eigenvalue weighted by Gasteiger charge is 2.66. The Morgan fingerprint density at radius 1 is 1.39 bits per heavy atom. The zero-order chi connectivity index (χ0) is 24.9. The number of nitrogens with two attached hydrogens (primary N) is 1. The molecular weight excluding hydrogens is 494 g/mol. The van der Waals surface area contributed by atoms with Gasteiger partial charge >= 0.3 is 11.9 Å². The Kier molecular flexibility index (Phi) is 9.55. The molecule has 0 aliphatic carbocycles. The number of carbonyl (C=O) groups is 4. The molecule has 0 aromatic rings. The van der Waals surface area contributed by atoms with Gasteiger partial charge in [0.1, 0.15) is 17.1 Å². The molecule has 1 unspecified atom stereocenters. The number of nitrogens with zero attached hydrogens (tertiary/aromatic N) is 1. The number of ether oxygens (including phenoxy) is 2. The summed E-state index contributed by atoms with van der Waals surface area (Å²) in [5.74, 6) is -3.11. The molecule has 2 amide bonds. The Labute approximate surface area is 204 Å². The van der Waals surface area contributed by atoms with Crippen molar-refractivity contribution in [1.29, 1.82) is 0 Å². The predicted octanol–water partition coefficient (Wildman–Crippen LogP) is 0.724. The number of rotatable bonds is 11. The zero-order valence-electron chi connectivity index (χ0n) is 18.4. The molecule has 14 heteroatoms. The van der Waals surface area contributed by atoms with Gasteiger partial charge in [-0.05, 0) is 44.5 Å². The largest absolute Gasteiger partial charge is 0.480 e. The molecule has 2 aliphatic heterocycles. The molecule has 0 radical (unpaired) electrons. The van der Waals surface area contributed by atoms with Crippen molar-refractivity contribution in [2.45, 2.75) is 56.4 Å². The van der Waals surface area contributed by atoms with Crippen LogP contribution in [0.25, 0.3) is 0 Å². The first-order valence-electron chi connectivity index (χ1n) is 10.0. The molecule has 2 rings (SSSR count). The number of carboxylic acids is 2. The van der Waals surface area contributed by atoms with E-state index in [1.54, 1.807) is 0 Å². The summed E-state index contributed by atoms with van der Waals surface area (Å²) >= 11 is 7.58. The molecule has 3 atom stereocenters. The van der Waals surface area contributed by atoms with Crippen LogP contribution in [0.5, 0.6) is 0 Å². The standard InChI is InChI=1S/C19H27N3O8S3/c1-9(2)30-18(31)33-8-10-7-32-17-19(29-3,16(28)22(17)13(10)15(26)27)21-12(23)6-4-5-11(20)14(24)25/h9,11,17H,4-8,20H2,1-3H3,(H,21,23)(H,24,25)(H,26,27)/t11?,17-,19-/m0/s1. The maximum atomic E-state index is 13.0. The Balaban J connectivity index is 2.09. The van der Waals surface area contributed by atoms with Crippen LogP contribution in [0.3, 0.4) is 0 Å². The molecule has 0 aromatic carbocycles. The topological polar surface area (TPSA) is 168 Å². The van der Waals surface area contributed by atoms with Gasteiger partial charge in [-0.1, -0.05) is 11.8 Å². The maximum absolute atomic E-state index is 13.0.